The average Bonchev–Trinajstić information content (AvgIpc) is 3.00. The van der Waals surface area contributed by atoms with E-state index in [-0.39, 0.29) is 5.91 Å². The third kappa shape index (κ3) is 4.09. The lowest BCUT2D eigenvalue weighted by molar-refractivity contribution is -0.130. The molecule has 1 aliphatic heterocycles. The second-order valence-electron chi connectivity index (χ2n) is 5.53. The zero-order chi connectivity index (χ0) is 16.1. The Hall–Kier alpha value is -1.46. The molecule has 0 aliphatic carbocycles. The lowest BCUT2D eigenvalue weighted by Crippen LogP contribution is -2.34. The Kier molecular flexibility index (Phi) is 5.62. The number of carbonyl (C=O) groups is 1. The van der Waals surface area contributed by atoms with E-state index in [1.807, 2.05) is 52.3 Å². The van der Waals surface area contributed by atoms with Gasteiger partial charge in [-0.05, 0) is 23.9 Å². The molecule has 1 fully saturated rings. The number of thiophene rings is 1. The zero-order valence-electron chi connectivity index (χ0n) is 13.2. The maximum Gasteiger partial charge on any atom is 0.227 e. The van der Waals surface area contributed by atoms with Crippen LogP contribution in [0.25, 0.3) is 0 Å². The molecular weight excluding hydrogens is 326 g/mol. The SMILES string of the molecule is COc1ccccc1CC(=O)N1CCSC(c2cccs2)CC1. The zero-order valence-corrected chi connectivity index (χ0v) is 14.9. The molecule has 5 heteroatoms. The molecule has 1 aromatic carbocycles. The minimum absolute atomic E-state index is 0.196. The third-order valence-corrected chi connectivity index (χ3v) is 6.53. The van der Waals surface area contributed by atoms with E-state index in [4.69, 9.17) is 4.74 Å². The van der Waals surface area contributed by atoms with Crippen LogP contribution in [0.5, 0.6) is 5.75 Å². The number of nitrogens with zero attached hydrogens (tertiary/aromatic N) is 1. The molecule has 1 atom stereocenters. The summed E-state index contributed by atoms with van der Waals surface area (Å²) in [6, 6.07) is 12.1. The Labute approximate surface area is 145 Å². The van der Waals surface area contributed by atoms with Gasteiger partial charge in [0.1, 0.15) is 5.75 Å². The highest BCUT2D eigenvalue weighted by atomic mass is 32.2. The van der Waals surface area contributed by atoms with Crippen molar-refractivity contribution in [1.29, 1.82) is 0 Å². The van der Waals surface area contributed by atoms with Crippen molar-refractivity contribution in [1.82, 2.24) is 4.90 Å². The summed E-state index contributed by atoms with van der Waals surface area (Å²) < 4.78 is 5.35. The highest BCUT2D eigenvalue weighted by molar-refractivity contribution is 7.99. The smallest absolute Gasteiger partial charge is 0.227 e. The predicted octanol–water partition coefficient (Wildman–Crippen LogP) is 4.01. The number of hydrogen-bond donors (Lipinski definition) is 0. The van der Waals surface area contributed by atoms with Gasteiger partial charge in [-0.2, -0.15) is 11.8 Å². The summed E-state index contributed by atoms with van der Waals surface area (Å²) in [6.07, 6.45) is 1.45. The number of amides is 1. The molecule has 2 heterocycles. The largest absolute Gasteiger partial charge is 0.496 e. The van der Waals surface area contributed by atoms with E-state index in [0.29, 0.717) is 11.7 Å². The standard InChI is InChI=1S/C18H21NO2S2/c1-21-15-6-3-2-5-14(15)13-18(20)19-9-8-17(23-12-10-19)16-7-4-11-22-16/h2-7,11,17H,8-10,12-13H2,1H3. The van der Waals surface area contributed by atoms with Crippen molar-refractivity contribution >= 4 is 29.0 Å². The van der Waals surface area contributed by atoms with Crippen LogP contribution >= 0.6 is 23.1 Å². The van der Waals surface area contributed by atoms with Gasteiger partial charge in [0.05, 0.1) is 13.5 Å². The fraction of sp³-hybridized carbons (Fsp3) is 0.389. The second kappa shape index (κ2) is 7.88. The van der Waals surface area contributed by atoms with Crippen molar-refractivity contribution in [2.45, 2.75) is 18.1 Å². The molecule has 23 heavy (non-hydrogen) atoms. The first-order valence-electron chi connectivity index (χ1n) is 7.82. The van der Waals surface area contributed by atoms with Crippen LogP contribution in [0.3, 0.4) is 0 Å². The molecule has 3 nitrogen and oxygen atoms in total. The van der Waals surface area contributed by atoms with Crippen molar-refractivity contribution in [3.05, 3.63) is 52.2 Å². The van der Waals surface area contributed by atoms with E-state index in [1.165, 1.54) is 4.88 Å². The Morgan fingerprint density at radius 1 is 1.26 bits per heavy atom. The van der Waals surface area contributed by atoms with E-state index in [2.05, 4.69) is 17.5 Å². The van der Waals surface area contributed by atoms with Crippen molar-refractivity contribution in [3.63, 3.8) is 0 Å². The van der Waals surface area contributed by atoms with Crippen molar-refractivity contribution in [2.75, 3.05) is 26.0 Å². The van der Waals surface area contributed by atoms with E-state index < -0.39 is 0 Å². The normalized spacial score (nSPS) is 18.5. The van der Waals surface area contributed by atoms with Crippen LogP contribution in [-0.2, 0) is 11.2 Å². The van der Waals surface area contributed by atoms with E-state index in [0.717, 1.165) is 36.6 Å². The third-order valence-electron chi connectivity index (χ3n) is 4.09. The first-order valence-corrected chi connectivity index (χ1v) is 9.75. The topological polar surface area (TPSA) is 29.5 Å². The molecule has 0 bridgehead atoms. The summed E-state index contributed by atoms with van der Waals surface area (Å²) in [5.74, 6) is 1.99. The van der Waals surface area contributed by atoms with E-state index in [9.17, 15) is 4.79 Å². The summed E-state index contributed by atoms with van der Waals surface area (Å²) in [4.78, 5) is 16.1. The van der Waals surface area contributed by atoms with Gasteiger partial charge in [-0.3, -0.25) is 4.79 Å². The molecular formula is C18H21NO2S2. The molecule has 122 valence electrons. The monoisotopic (exact) mass is 347 g/mol. The second-order valence-corrected chi connectivity index (χ2v) is 7.82. The van der Waals surface area contributed by atoms with Gasteiger partial charge < -0.3 is 9.64 Å². The number of methoxy groups -OCH3 is 1. The van der Waals surface area contributed by atoms with Gasteiger partial charge in [-0.1, -0.05) is 24.3 Å². The summed E-state index contributed by atoms with van der Waals surface area (Å²) in [5.41, 5.74) is 0.965. The molecule has 0 saturated carbocycles. The number of benzene rings is 1. The summed E-state index contributed by atoms with van der Waals surface area (Å²) in [7, 11) is 1.65. The van der Waals surface area contributed by atoms with Crippen molar-refractivity contribution < 1.29 is 9.53 Å². The average molecular weight is 348 g/mol. The number of ether oxygens (including phenoxy) is 1. The van der Waals surface area contributed by atoms with Gasteiger partial charge in [0.2, 0.25) is 5.91 Å². The van der Waals surface area contributed by atoms with Gasteiger partial charge in [0, 0.05) is 34.5 Å². The highest BCUT2D eigenvalue weighted by Gasteiger charge is 2.23. The molecule has 0 radical (unpaired) electrons. The van der Waals surface area contributed by atoms with Crippen LogP contribution < -0.4 is 4.74 Å². The predicted molar refractivity (Wildman–Crippen MR) is 97.4 cm³/mol. The Morgan fingerprint density at radius 3 is 2.91 bits per heavy atom. The van der Waals surface area contributed by atoms with Gasteiger partial charge in [-0.25, -0.2) is 0 Å². The minimum Gasteiger partial charge on any atom is -0.496 e. The molecule has 1 aliphatic rings. The first-order chi connectivity index (χ1) is 11.3. The molecule has 3 rings (SSSR count). The van der Waals surface area contributed by atoms with Gasteiger partial charge in [0.25, 0.3) is 0 Å². The van der Waals surface area contributed by atoms with E-state index >= 15 is 0 Å². The van der Waals surface area contributed by atoms with Gasteiger partial charge >= 0.3 is 0 Å². The lowest BCUT2D eigenvalue weighted by Gasteiger charge is -2.21. The Morgan fingerprint density at radius 2 is 2.13 bits per heavy atom. The minimum atomic E-state index is 0.196. The quantitative estimate of drug-likeness (QED) is 0.837. The fourth-order valence-electron chi connectivity index (χ4n) is 2.85. The molecule has 2 aromatic rings. The fourth-order valence-corrected chi connectivity index (χ4v) is 5.08. The van der Waals surface area contributed by atoms with Gasteiger partial charge in [0.15, 0.2) is 0 Å². The Bertz CT molecular complexity index is 642. The number of thioether (sulfide) groups is 1. The molecule has 1 unspecified atom stereocenters. The maximum absolute atomic E-state index is 12.6. The number of hydrogen-bond acceptors (Lipinski definition) is 4. The summed E-state index contributed by atoms with van der Waals surface area (Å²) >= 11 is 3.78. The lowest BCUT2D eigenvalue weighted by atomic mass is 10.1. The molecule has 0 N–H and O–H groups in total. The van der Waals surface area contributed by atoms with Crippen LogP contribution in [0.2, 0.25) is 0 Å². The molecule has 1 aromatic heterocycles. The van der Waals surface area contributed by atoms with Gasteiger partial charge in [-0.15, -0.1) is 11.3 Å². The Balaban J connectivity index is 1.62. The van der Waals surface area contributed by atoms with Crippen LogP contribution in [0.4, 0.5) is 0 Å². The molecule has 1 saturated heterocycles. The molecule has 1 amide bonds. The highest BCUT2D eigenvalue weighted by Crippen LogP contribution is 2.36. The number of para-hydroxylation sites is 1. The van der Waals surface area contributed by atoms with Crippen LogP contribution in [0.15, 0.2) is 41.8 Å². The number of rotatable bonds is 4. The first kappa shape index (κ1) is 16.4. The van der Waals surface area contributed by atoms with E-state index in [1.54, 1.807) is 7.11 Å². The van der Waals surface area contributed by atoms with Crippen LogP contribution in [0, 0.1) is 0 Å². The van der Waals surface area contributed by atoms with Crippen LogP contribution in [0.1, 0.15) is 22.1 Å². The maximum atomic E-state index is 12.6. The van der Waals surface area contributed by atoms with Crippen LogP contribution in [-0.4, -0.2) is 36.8 Å². The summed E-state index contributed by atoms with van der Waals surface area (Å²) in [6.45, 7) is 1.67. The van der Waals surface area contributed by atoms with Crippen molar-refractivity contribution in [2.24, 2.45) is 0 Å². The van der Waals surface area contributed by atoms with Crippen molar-refractivity contribution in [3.8, 4) is 5.75 Å². The number of carbonyl (C=O) groups excluding carboxylic acids is 1. The summed E-state index contributed by atoms with van der Waals surface area (Å²) in [5, 5.41) is 2.66. The molecule has 0 spiro atoms.